The zero-order valence-corrected chi connectivity index (χ0v) is 3.69. The fraction of sp³-hybridized carbons (Fsp3) is 0. The van der Waals surface area contributed by atoms with E-state index in [-0.39, 0.29) is 18.9 Å². The Labute approximate surface area is 49.6 Å². The Bertz CT molecular complexity index is 58.6. The summed E-state index contributed by atoms with van der Waals surface area (Å²) in [6.07, 6.45) is 0.944. The van der Waals surface area contributed by atoms with Crippen molar-refractivity contribution in [3.8, 4) is 0 Å². The summed E-state index contributed by atoms with van der Waals surface area (Å²) in [6, 6.07) is 0. The maximum absolute atomic E-state index is 9.36. The number of allylic oxidation sites excluding steroid dienone is 1. The van der Waals surface area contributed by atoms with Gasteiger partial charge >= 0.3 is 0 Å². The Balaban J connectivity index is 0. The normalized spacial score (nSPS) is 5.50. The van der Waals surface area contributed by atoms with Gasteiger partial charge in [0.2, 0.25) is 0 Å². The van der Waals surface area contributed by atoms with Crippen LogP contribution in [-0.2, 0) is 4.79 Å². The third-order valence-corrected chi connectivity index (χ3v) is 0.185. The first kappa shape index (κ1) is 9.38. The second kappa shape index (κ2) is 5.01. The number of hydrogen-bond acceptors (Lipinski definition) is 1. The molecule has 0 atom stereocenters. The van der Waals surface area contributed by atoms with E-state index in [1.54, 1.807) is 0 Å². The van der Waals surface area contributed by atoms with E-state index in [0.717, 1.165) is 6.08 Å². The third kappa shape index (κ3) is 8.99. The van der Waals surface area contributed by atoms with Crippen LogP contribution >= 0.6 is 0 Å². The molecule has 0 saturated carbocycles. The van der Waals surface area contributed by atoms with Crippen LogP contribution in [0.25, 0.3) is 0 Å². The summed E-state index contributed by atoms with van der Waals surface area (Å²) in [5, 5.41) is 0. The molecule has 0 spiro atoms. The van der Waals surface area contributed by atoms with Crippen LogP contribution < -0.4 is 0 Å². The molecule has 0 aromatic rings. The topological polar surface area (TPSA) is 17.1 Å². The van der Waals surface area contributed by atoms with E-state index in [4.69, 9.17) is 6.92 Å². The standard InChI is InChI=1S/C4H3O.Li/c1-3-4(2)5;/h3H,1H2;. The molecule has 0 amide bonds. The molecule has 4 radical (unpaired) electrons. The molecule has 0 aromatic carbocycles. The molecule has 26 valence electrons. The number of carbonyl (C=O) groups excluding carboxylic acids is 1. The molecule has 0 aromatic heterocycles. The van der Waals surface area contributed by atoms with Crippen molar-refractivity contribution in [2.45, 2.75) is 0 Å². The van der Waals surface area contributed by atoms with Crippen molar-refractivity contribution in [3.05, 3.63) is 19.6 Å². The first-order valence-electron chi connectivity index (χ1n) is 1.15. The van der Waals surface area contributed by atoms with Crippen molar-refractivity contribution < 1.29 is 4.79 Å². The van der Waals surface area contributed by atoms with Gasteiger partial charge in [-0.05, 0) is 6.08 Å². The zero-order chi connectivity index (χ0) is 4.28. The van der Waals surface area contributed by atoms with Crippen molar-refractivity contribution >= 4 is 24.6 Å². The van der Waals surface area contributed by atoms with E-state index in [1.165, 1.54) is 0 Å². The van der Waals surface area contributed by atoms with Crippen LogP contribution in [0.2, 0.25) is 0 Å². The molecule has 2 heteroatoms. The molecule has 0 N–H and O–H groups in total. The minimum absolute atomic E-state index is 0. The molecule has 0 heterocycles. The SMILES string of the molecule is [C]C(=O)C=C.[Li]. The van der Waals surface area contributed by atoms with Crippen LogP contribution in [-0.4, -0.2) is 24.6 Å². The van der Waals surface area contributed by atoms with Crippen LogP contribution in [0.3, 0.4) is 0 Å². The first-order chi connectivity index (χ1) is 2.27. The predicted octanol–water partition coefficient (Wildman–Crippen LogP) is -0.0512. The summed E-state index contributed by atoms with van der Waals surface area (Å²) in [4.78, 5) is 9.36. The fourth-order valence-electron chi connectivity index (χ4n) is 0. The summed E-state index contributed by atoms with van der Waals surface area (Å²) in [5.41, 5.74) is 0. The minimum atomic E-state index is -0.731. The molecule has 0 rings (SSSR count). The summed E-state index contributed by atoms with van der Waals surface area (Å²) in [7, 11) is 0. The van der Waals surface area contributed by atoms with Crippen molar-refractivity contribution in [2.75, 3.05) is 0 Å². The van der Waals surface area contributed by atoms with Crippen molar-refractivity contribution in [3.63, 3.8) is 0 Å². The van der Waals surface area contributed by atoms with Crippen LogP contribution in [0.5, 0.6) is 0 Å². The van der Waals surface area contributed by atoms with E-state index in [0.29, 0.717) is 0 Å². The zero-order valence-electron chi connectivity index (χ0n) is 3.69. The molecular formula is C4H3LiO. The average molecular weight is 74.0 g/mol. The molecule has 0 aliphatic carbocycles. The second-order valence-corrected chi connectivity index (χ2v) is 0.568. The molecule has 0 aliphatic heterocycles. The molecule has 0 bridgehead atoms. The average Bonchev–Trinajstić information content (AvgIpc) is 1.38. The number of hydrogen-bond donors (Lipinski definition) is 0. The Morgan fingerprint density at radius 1 is 1.83 bits per heavy atom. The largest absolute Gasteiger partial charge is 0.294 e. The molecule has 0 fully saturated rings. The Hall–Kier alpha value is 0.00740. The summed E-state index contributed by atoms with van der Waals surface area (Å²) < 4.78 is 0. The summed E-state index contributed by atoms with van der Waals surface area (Å²) >= 11 is 0. The molecule has 0 saturated heterocycles. The van der Waals surface area contributed by atoms with Crippen molar-refractivity contribution in [2.24, 2.45) is 0 Å². The number of ketones is 1. The van der Waals surface area contributed by atoms with Gasteiger partial charge < -0.3 is 0 Å². The maximum atomic E-state index is 9.36. The molecule has 0 aliphatic rings. The van der Waals surface area contributed by atoms with E-state index < -0.39 is 5.78 Å². The smallest absolute Gasteiger partial charge is 0.164 e. The van der Waals surface area contributed by atoms with Crippen molar-refractivity contribution in [1.82, 2.24) is 0 Å². The van der Waals surface area contributed by atoms with Gasteiger partial charge in [0.1, 0.15) is 0 Å². The van der Waals surface area contributed by atoms with E-state index >= 15 is 0 Å². The van der Waals surface area contributed by atoms with Gasteiger partial charge in [0.25, 0.3) is 0 Å². The summed E-state index contributed by atoms with van der Waals surface area (Å²) in [5.74, 6) is -0.731. The van der Waals surface area contributed by atoms with Gasteiger partial charge in [0.15, 0.2) is 5.78 Å². The fourth-order valence-corrected chi connectivity index (χ4v) is 0. The van der Waals surface area contributed by atoms with Crippen LogP contribution in [0.15, 0.2) is 12.7 Å². The third-order valence-electron chi connectivity index (χ3n) is 0.185. The van der Waals surface area contributed by atoms with Gasteiger partial charge in [0, 0.05) is 18.9 Å². The predicted molar refractivity (Wildman–Crippen MR) is 24.2 cm³/mol. The molecule has 6 heavy (non-hydrogen) atoms. The summed E-state index contributed by atoms with van der Waals surface area (Å²) in [6.45, 7) is 9.09. The molecule has 1 nitrogen and oxygen atoms in total. The van der Waals surface area contributed by atoms with Gasteiger partial charge in [-0.3, -0.25) is 4.79 Å². The van der Waals surface area contributed by atoms with Gasteiger partial charge in [0.05, 0.1) is 6.92 Å². The maximum Gasteiger partial charge on any atom is 0.164 e. The molecule has 0 unspecified atom stereocenters. The van der Waals surface area contributed by atoms with Gasteiger partial charge in [-0.25, -0.2) is 0 Å². The second-order valence-electron chi connectivity index (χ2n) is 0.568. The molecular weight excluding hydrogens is 71.0 g/mol. The van der Waals surface area contributed by atoms with E-state index in [2.05, 4.69) is 6.58 Å². The van der Waals surface area contributed by atoms with Gasteiger partial charge in [-0.15, -0.1) is 0 Å². The van der Waals surface area contributed by atoms with Gasteiger partial charge in [-0.1, -0.05) is 6.58 Å². The van der Waals surface area contributed by atoms with Crippen LogP contribution in [0.4, 0.5) is 0 Å². The van der Waals surface area contributed by atoms with E-state index in [1.807, 2.05) is 0 Å². The Kier molecular flexibility index (Phi) is 7.83. The van der Waals surface area contributed by atoms with Crippen molar-refractivity contribution in [1.29, 1.82) is 0 Å². The Morgan fingerprint density at radius 3 is 2.00 bits per heavy atom. The monoisotopic (exact) mass is 74.0 g/mol. The number of rotatable bonds is 1. The quantitative estimate of drug-likeness (QED) is 0.315. The first-order valence-corrected chi connectivity index (χ1v) is 1.15. The van der Waals surface area contributed by atoms with Crippen LogP contribution in [0, 0.1) is 6.92 Å². The van der Waals surface area contributed by atoms with E-state index in [9.17, 15) is 4.79 Å². The Morgan fingerprint density at radius 2 is 2.00 bits per heavy atom. The minimum Gasteiger partial charge on any atom is -0.294 e. The van der Waals surface area contributed by atoms with Crippen LogP contribution in [0.1, 0.15) is 0 Å². The number of carbonyl (C=O) groups is 1. The van der Waals surface area contributed by atoms with Gasteiger partial charge in [-0.2, -0.15) is 0 Å².